The summed E-state index contributed by atoms with van der Waals surface area (Å²) in [6.07, 6.45) is -0.979. The van der Waals surface area contributed by atoms with Crippen molar-refractivity contribution >= 4 is 5.91 Å². The zero-order chi connectivity index (χ0) is 24.6. The fourth-order valence-corrected chi connectivity index (χ4v) is 3.96. The van der Waals surface area contributed by atoms with E-state index in [1.807, 2.05) is 0 Å². The normalized spacial score (nSPS) is 16.0. The first-order chi connectivity index (χ1) is 16.8. The smallest absolute Gasteiger partial charge is 0.405 e. The van der Waals surface area contributed by atoms with Gasteiger partial charge in [0.15, 0.2) is 0 Å². The Balaban J connectivity index is 1.45. The van der Waals surface area contributed by atoms with Gasteiger partial charge in [0.25, 0.3) is 5.91 Å². The number of rotatable bonds is 5. The van der Waals surface area contributed by atoms with E-state index in [4.69, 9.17) is 4.52 Å². The molecule has 0 aliphatic carbocycles. The number of para-hydroxylation sites is 1. The van der Waals surface area contributed by atoms with Crippen molar-refractivity contribution in [2.24, 2.45) is 0 Å². The molecule has 13 heteroatoms. The molecule has 1 unspecified atom stereocenters. The van der Waals surface area contributed by atoms with Gasteiger partial charge in [0.2, 0.25) is 11.7 Å². The standard InChI is InChI=1S/C22H16F4N6O3/c23-13-7-8-14(17(12-13)32-27-9-10-28-32)21(33)31-11-3-5-16(31)20-29-19(30-35-20)15-4-1-2-6-18(15)34-22(24,25)26/h1-2,4,6-10,12,16H,3,5,11H2. The van der Waals surface area contributed by atoms with Gasteiger partial charge in [0, 0.05) is 12.6 Å². The van der Waals surface area contributed by atoms with E-state index in [2.05, 4.69) is 25.1 Å². The zero-order valence-electron chi connectivity index (χ0n) is 17.8. The van der Waals surface area contributed by atoms with E-state index in [0.717, 1.165) is 23.0 Å². The van der Waals surface area contributed by atoms with Crippen molar-refractivity contribution in [2.75, 3.05) is 6.54 Å². The maximum Gasteiger partial charge on any atom is 0.573 e. The van der Waals surface area contributed by atoms with Crippen LogP contribution in [0.4, 0.5) is 17.6 Å². The molecule has 1 amide bonds. The Hall–Kier alpha value is -4.29. The van der Waals surface area contributed by atoms with Gasteiger partial charge in [-0.25, -0.2) is 4.39 Å². The molecule has 2 aromatic heterocycles. The number of carbonyl (C=O) groups excluding carboxylic acids is 1. The highest BCUT2D eigenvalue weighted by molar-refractivity contribution is 5.98. The van der Waals surface area contributed by atoms with Gasteiger partial charge in [-0.05, 0) is 37.1 Å². The number of benzene rings is 2. The van der Waals surface area contributed by atoms with Crippen molar-refractivity contribution in [1.29, 1.82) is 0 Å². The highest BCUT2D eigenvalue weighted by Crippen LogP contribution is 2.36. The maximum atomic E-state index is 13.9. The van der Waals surface area contributed by atoms with Crippen LogP contribution in [-0.4, -0.2) is 48.8 Å². The summed E-state index contributed by atoms with van der Waals surface area (Å²) in [5, 5.41) is 11.8. The van der Waals surface area contributed by atoms with Crippen molar-refractivity contribution < 1.29 is 31.6 Å². The Morgan fingerprint density at radius 1 is 1.11 bits per heavy atom. The Kier molecular flexibility index (Phi) is 5.67. The number of aromatic nitrogens is 5. The minimum Gasteiger partial charge on any atom is -0.405 e. The molecule has 1 atom stereocenters. The molecule has 3 heterocycles. The zero-order valence-corrected chi connectivity index (χ0v) is 17.8. The molecule has 0 radical (unpaired) electrons. The van der Waals surface area contributed by atoms with Gasteiger partial charge in [-0.15, -0.1) is 13.2 Å². The molecule has 0 spiro atoms. The van der Waals surface area contributed by atoms with Crippen molar-refractivity contribution in [1.82, 2.24) is 30.0 Å². The van der Waals surface area contributed by atoms with Crippen LogP contribution < -0.4 is 4.74 Å². The van der Waals surface area contributed by atoms with Crippen molar-refractivity contribution in [3.05, 3.63) is 72.1 Å². The Morgan fingerprint density at radius 2 is 1.89 bits per heavy atom. The van der Waals surface area contributed by atoms with Crippen LogP contribution in [0.2, 0.25) is 0 Å². The van der Waals surface area contributed by atoms with E-state index in [-0.39, 0.29) is 28.5 Å². The number of halogens is 4. The Labute approximate surface area is 194 Å². The van der Waals surface area contributed by atoms with Crippen LogP contribution in [0.15, 0.2) is 59.4 Å². The molecule has 1 aliphatic heterocycles. The second-order valence-corrected chi connectivity index (χ2v) is 7.64. The first-order valence-electron chi connectivity index (χ1n) is 10.5. The molecule has 9 nitrogen and oxygen atoms in total. The van der Waals surface area contributed by atoms with E-state index in [1.54, 1.807) is 0 Å². The molecule has 0 bridgehead atoms. The van der Waals surface area contributed by atoms with Crippen LogP contribution in [-0.2, 0) is 0 Å². The molecule has 35 heavy (non-hydrogen) atoms. The number of ether oxygens (including phenoxy) is 1. The summed E-state index contributed by atoms with van der Waals surface area (Å²) in [6, 6.07) is 8.45. The van der Waals surface area contributed by atoms with E-state index < -0.39 is 29.9 Å². The molecule has 4 aromatic rings. The summed E-state index contributed by atoms with van der Waals surface area (Å²) >= 11 is 0. The largest absolute Gasteiger partial charge is 0.573 e. The second kappa shape index (κ2) is 8.81. The summed E-state index contributed by atoms with van der Waals surface area (Å²) in [5.41, 5.74) is 0.314. The van der Waals surface area contributed by atoms with Gasteiger partial charge >= 0.3 is 6.36 Å². The number of amides is 1. The average molecular weight is 488 g/mol. The number of hydrogen-bond acceptors (Lipinski definition) is 7. The van der Waals surface area contributed by atoms with Gasteiger partial charge in [0.1, 0.15) is 23.3 Å². The van der Waals surface area contributed by atoms with Gasteiger partial charge in [-0.3, -0.25) is 4.79 Å². The van der Waals surface area contributed by atoms with Gasteiger partial charge < -0.3 is 14.2 Å². The van der Waals surface area contributed by atoms with E-state index >= 15 is 0 Å². The number of nitrogens with zero attached hydrogens (tertiary/aromatic N) is 6. The monoisotopic (exact) mass is 488 g/mol. The van der Waals surface area contributed by atoms with Crippen LogP contribution in [0, 0.1) is 5.82 Å². The van der Waals surface area contributed by atoms with Crippen molar-refractivity contribution in [3.8, 4) is 22.8 Å². The first kappa shape index (κ1) is 22.5. The lowest BCUT2D eigenvalue weighted by Crippen LogP contribution is -2.31. The lowest BCUT2D eigenvalue weighted by Gasteiger charge is -2.23. The predicted molar refractivity (Wildman–Crippen MR) is 111 cm³/mol. The third-order valence-corrected chi connectivity index (χ3v) is 5.42. The quantitative estimate of drug-likeness (QED) is 0.386. The van der Waals surface area contributed by atoms with Crippen LogP contribution in [0.25, 0.3) is 17.1 Å². The summed E-state index contributed by atoms with van der Waals surface area (Å²) in [4.78, 5) is 20.3. The molecule has 1 aliphatic rings. The molecular weight excluding hydrogens is 472 g/mol. The van der Waals surface area contributed by atoms with Crippen molar-refractivity contribution in [2.45, 2.75) is 25.2 Å². The third kappa shape index (κ3) is 4.56. The number of carbonyl (C=O) groups is 1. The molecule has 0 saturated carbocycles. The molecule has 0 N–H and O–H groups in total. The maximum absolute atomic E-state index is 13.9. The van der Waals surface area contributed by atoms with Crippen LogP contribution in [0.5, 0.6) is 5.75 Å². The topological polar surface area (TPSA) is 99.2 Å². The molecular formula is C22H16F4N6O3. The van der Waals surface area contributed by atoms with Gasteiger partial charge in [-0.2, -0.15) is 20.0 Å². The minimum absolute atomic E-state index is 0.0127. The first-order valence-corrected chi connectivity index (χ1v) is 10.5. The fraction of sp³-hybridized carbons (Fsp3) is 0.227. The number of hydrogen-bond donors (Lipinski definition) is 0. The van der Waals surface area contributed by atoms with Gasteiger partial charge in [-0.1, -0.05) is 17.3 Å². The van der Waals surface area contributed by atoms with Crippen LogP contribution in [0.3, 0.4) is 0 Å². The lowest BCUT2D eigenvalue weighted by atomic mass is 10.1. The SMILES string of the molecule is O=C(c1ccc(F)cc1-n1nccn1)N1CCCC1c1nc(-c2ccccc2OC(F)(F)F)no1. The second-order valence-electron chi connectivity index (χ2n) is 7.64. The summed E-state index contributed by atoms with van der Waals surface area (Å²) < 4.78 is 61.7. The van der Waals surface area contributed by atoms with Gasteiger partial charge in [0.05, 0.1) is 23.5 Å². The van der Waals surface area contributed by atoms with Crippen LogP contribution in [0.1, 0.15) is 35.1 Å². The number of alkyl halides is 3. The average Bonchev–Trinajstić information content (AvgIpc) is 3.59. The minimum atomic E-state index is -4.90. The summed E-state index contributed by atoms with van der Waals surface area (Å²) in [6.45, 7) is 0.359. The molecule has 2 aromatic carbocycles. The Morgan fingerprint density at radius 3 is 2.66 bits per heavy atom. The molecule has 1 fully saturated rings. The number of likely N-dealkylation sites (tertiary alicyclic amines) is 1. The van der Waals surface area contributed by atoms with E-state index in [0.29, 0.717) is 19.4 Å². The predicted octanol–water partition coefficient (Wildman–Crippen LogP) is 4.33. The summed E-state index contributed by atoms with van der Waals surface area (Å²) in [7, 11) is 0. The Bertz CT molecular complexity index is 1360. The molecule has 5 rings (SSSR count). The van der Waals surface area contributed by atoms with Crippen LogP contribution >= 0.6 is 0 Å². The molecule has 1 saturated heterocycles. The van der Waals surface area contributed by atoms with Crippen molar-refractivity contribution in [3.63, 3.8) is 0 Å². The fourth-order valence-electron chi connectivity index (χ4n) is 3.96. The molecule has 180 valence electrons. The lowest BCUT2D eigenvalue weighted by molar-refractivity contribution is -0.274. The highest BCUT2D eigenvalue weighted by atomic mass is 19.4. The van der Waals surface area contributed by atoms with E-state index in [1.165, 1.54) is 41.6 Å². The third-order valence-electron chi connectivity index (χ3n) is 5.42. The summed E-state index contributed by atoms with van der Waals surface area (Å²) in [5.74, 6) is -1.52. The van der Waals surface area contributed by atoms with E-state index in [9.17, 15) is 22.4 Å². The highest BCUT2D eigenvalue weighted by Gasteiger charge is 2.37.